The number of pyridine rings is 1. The number of nitrogens with zero attached hydrogens (tertiary/aromatic N) is 3. The Morgan fingerprint density at radius 2 is 2.00 bits per heavy atom. The van der Waals surface area contributed by atoms with E-state index in [9.17, 15) is 4.79 Å². The Balaban J connectivity index is 1.70. The van der Waals surface area contributed by atoms with E-state index < -0.39 is 0 Å². The zero-order chi connectivity index (χ0) is 17.6. The second-order valence-electron chi connectivity index (χ2n) is 5.75. The minimum atomic E-state index is -0.263. The van der Waals surface area contributed by atoms with Crippen molar-refractivity contribution in [3.63, 3.8) is 0 Å². The maximum atomic E-state index is 12.5. The number of hydrogen-bond donors (Lipinski definition) is 2. The Morgan fingerprint density at radius 3 is 2.80 bits per heavy atom. The highest BCUT2D eigenvalue weighted by Crippen LogP contribution is 2.17. The lowest BCUT2D eigenvalue weighted by molar-refractivity contribution is 0.102. The normalized spacial score (nSPS) is 10.3. The number of carbonyl (C=O) groups excluding carboxylic acids is 1. The maximum Gasteiger partial charge on any atom is 0.274 e. The number of aromatic nitrogens is 3. The molecule has 126 valence electrons. The third-order valence-corrected chi connectivity index (χ3v) is 3.70. The predicted molar refractivity (Wildman–Crippen MR) is 97.5 cm³/mol. The molecule has 0 fully saturated rings. The summed E-state index contributed by atoms with van der Waals surface area (Å²) in [6.07, 6.45) is 5.05. The molecule has 6 nitrogen and oxygen atoms in total. The van der Waals surface area contributed by atoms with E-state index in [0.29, 0.717) is 18.2 Å². The molecule has 0 radical (unpaired) electrons. The Bertz CT molecular complexity index is 880. The van der Waals surface area contributed by atoms with Crippen LogP contribution in [0.4, 0.5) is 11.6 Å². The fourth-order valence-electron chi connectivity index (χ4n) is 2.31. The van der Waals surface area contributed by atoms with Gasteiger partial charge in [-0.05, 0) is 48.7 Å². The van der Waals surface area contributed by atoms with Crippen molar-refractivity contribution in [3.05, 3.63) is 77.4 Å². The molecular weight excluding hydrogens is 314 g/mol. The van der Waals surface area contributed by atoms with Gasteiger partial charge in [0, 0.05) is 30.8 Å². The largest absolute Gasteiger partial charge is 0.350 e. The van der Waals surface area contributed by atoms with Crippen LogP contribution in [0.5, 0.6) is 0 Å². The van der Waals surface area contributed by atoms with Crippen LogP contribution in [-0.4, -0.2) is 20.9 Å². The van der Waals surface area contributed by atoms with Gasteiger partial charge in [0.25, 0.3) is 5.91 Å². The second kappa shape index (κ2) is 7.53. The average Bonchev–Trinajstić information content (AvgIpc) is 2.64. The van der Waals surface area contributed by atoms with Crippen LogP contribution in [0, 0.1) is 13.8 Å². The van der Waals surface area contributed by atoms with Gasteiger partial charge in [0.05, 0.1) is 0 Å². The number of hydrogen-bond acceptors (Lipinski definition) is 5. The summed E-state index contributed by atoms with van der Waals surface area (Å²) in [5, 5.41) is 6.00. The van der Waals surface area contributed by atoms with Crippen LogP contribution in [0.2, 0.25) is 0 Å². The van der Waals surface area contributed by atoms with Gasteiger partial charge in [-0.2, -0.15) is 0 Å². The van der Waals surface area contributed by atoms with Crippen LogP contribution < -0.4 is 10.6 Å². The highest BCUT2D eigenvalue weighted by molar-refractivity contribution is 6.03. The first-order valence-corrected chi connectivity index (χ1v) is 7.96. The molecule has 2 N–H and O–H groups in total. The summed E-state index contributed by atoms with van der Waals surface area (Å²) in [5.74, 6) is 0.137. The smallest absolute Gasteiger partial charge is 0.274 e. The van der Waals surface area contributed by atoms with Gasteiger partial charge in [-0.25, -0.2) is 9.97 Å². The molecule has 0 spiro atoms. The number of benzene rings is 1. The van der Waals surface area contributed by atoms with Crippen LogP contribution in [0.25, 0.3) is 0 Å². The van der Waals surface area contributed by atoms with Crippen LogP contribution in [-0.2, 0) is 6.54 Å². The molecule has 3 rings (SSSR count). The Hall–Kier alpha value is -3.28. The van der Waals surface area contributed by atoms with Crippen molar-refractivity contribution in [1.29, 1.82) is 0 Å². The first kappa shape index (κ1) is 16.6. The zero-order valence-corrected chi connectivity index (χ0v) is 14.2. The Morgan fingerprint density at radius 1 is 1.12 bits per heavy atom. The summed E-state index contributed by atoms with van der Waals surface area (Å²) in [5.41, 5.74) is 4.19. The minimum Gasteiger partial charge on any atom is -0.350 e. The highest BCUT2D eigenvalue weighted by Gasteiger charge is 2.10. The first-order valence-electron chi connectivity index (χ1n) is 7.96. The lowest BCUT2D eigenvalue weighted by Crippen LogP contribution is -2.16. The molecule has 0 bridgehead atoms. The van der Waals surface area contributed by atoms with Crippen molar-refractivity contribution in [2.45, 2.75) is 20.4 Å². The fraction of sp³-hybridized carbons (Fsp3) is 0.158. The van der Waals surface area contributed by atoms with E-state index in [2.05, 4.69) is 25.6 Å². The molecule has 0 atom stereocenters. The third kappa shape index (κ3) is 4.38. The monoisotopic (exact) mass is 333 g/mol. The molecule has 1 aromatic carbocycles. The van der Waals surface area contributed by atoms with E-state index in [0.717, 1.165) is 22.4 Å². The third-order valence-electron chi connectivity index (χ3n) is 3.70. The molecule has 0 unspecified atom stereocenters. The molecule has 6 heteroatoms. The van der Waals surface area contributed by atoms with Crippen LogP contribution in [0.1, 0.15) is 27.2 Å². The van der Waals surface area contributed by atoms with E-state index in [1.54, 1.807) is 24.7 Å². The lowest BCUT2D eigenvalue weighted by Gasteiger charge is -2.10. The SMILES string of the molecule is Cc1ccc(C)c(NC(=O)c2ccnc(NCc3cccnc3)n2)c1. The minimum absolute atomic E-state index is 0.263. The number of amides is 1. The van der Waals surface area contributed by atoms with Crippen molar-refractivity contribution in [1.82, 2.24) is 15.0 Å². The summed E-state index contributed by atoms with van der Waals surface area (Å²) in [4.78, 5) is 25.0. The van der Waals surface area contributed by atoms with Crippen LogP contribution in [0.3, 0.4) is 0 Å². The van der Waals surface area contributed by atoms with Crippen LogP contribution >= 0.6 is 0 Å². The number of aryl methyl sites for hydroxylation is 2. The zero-order valence-electron chi connectivity index (χ0n) is 14.2. The molecule has 0 saturated heterocycles. The van der Waals surface area contributed by atoms with E-state index in [1.807, 2.05) is 44.2 Å². The molecule has 0 aliphatic heterocycles. The van der Waals surface area contributed by atoms with Crippen molar-refractivity contribution < 1.29 is 4.79 Å². The summed E-state index contributed by atoms with van der Waals surface area (Å²) in [7, 11) is 0. The molecule has 25 heavy (non-hydrogen) atoms. The Kier molecular flexibility index (Phi) is 4.99. The van der Waals surface area contributed by atoms with Crippen molar-refractivity contribution >= 4 is 17.5 Å². The van der Waals surface area contributed by atoms with Crippen molar-refractivity contribution in [2.75, 3.05) is 10.6 Å². The molecule has 2 heterocycles. The van der Waals surface area contributed by atoms with Gasteiger partial charge in [0.1, 0.15) is 5.69 Å². The first-order chi connectivity index (χ1) is 12.1. The van der Waals surface area contributed by atoms with Gasteiger partial charge in [-0.1, -0.05) is 18.2 Å². The summed E-state index contributed by atoms with van der Waals surface area (Å²) in [6, 6.07) is 11.3. The van der Waals surface area contributed by atoms with E-state index in [-0.39, 0.29) is 5.91 Å². The topological polar surface area (TPSA) is 79.8 Å². The number of carbonyl (C=O) groups is 1. The molecular formula is C19H19N5O. The van der Waals surface area contributed by atoms with Gasteiger partial charge in [0.15, 0.2) is 0 Å². The predicted octanol–water partition coefficient (Wildman–Crippen LogP) is 3.35. The van der Waals surface area contributed by atoms with Gasteiger partial charge in [0.2, 0.25) is 5.95 Å². The second-order valence-corrected chi connectivity index (χ2v) is 5.75. The number of rotatable bonds is 5. The lowest BCUT2D eigenvalue weighted by atomic mass is 10.1. The van der Waals surface area contributed by atoms with E-state index >= 15 is 0 Å². The summed E-state index contributed by atoms with van der Waals surface area (Å²) in [6.45, 7) is 4.48. The molecule has 0 aliphatic carbocycles. The molecule has 3 aromatic rings. The molecule has 2 aromatic heterocycles. The van der Waals surface area contributed by atoms with Gasteiger partial charge in [-0.15, -0.1) is 0 Å². The standard InChI is InChI=1S/C19H19N5O/c1-13-5-6-14(2)17(10-13)23-18(25)16-7-9-21-19(24-16)22-12-15-4-3-8-20-11-15/h3-11H,12H2,1-2H3,(H,23,25)(H,21,22,24). The molecule has 0 saturated carbocycles. The van der Waals surface area contributed by atoms with E-state index in [4.69, 9.17) is 0 Å². The van der Waals surface area contributed by atoms with Crippen molar-refractivity contribution in [2.24, 2.45) is 0 Å². The quantitative estimate of drug-likeness (QED) is 0.748. The highest BCUT2D eigenvalue weighted by atomic mass is 16.1. The van der Waals surface area contributed by atoms with Gasteiger partial charge < -0.3 is 10.6 Å². The average molecular weight is 333 g/mol. The molecule has 1 amide bonds. The number of nitrogens with one attached hydrogen (secondary N) is 2. The Labute approximate surface area is 146 Å². The molecule has 0 aliphatic rings. The van der Waals surface area contributed by atoms with E-state index in [1.165, 1.54) is 0 Å². The van der Waals surface area contributed by atoms with Gasteiger partial charge >= 0.3 is 0 Å². The fourth-order valence-corrected chi connectivity index (χ4v) is 2.31. The number of anilines is 2. The summed E-state index contributed by atoms with van der Waals surface area (Å²) >= 11 is 0. The van der Waals surface area contributed by atoms with Crippen molar-refractivity contribution in [3.8, 4) is 0 Å². The maximum absolute atomic E-state index is 12.5. The van der Waals surface area contributed by atoms with Crippen LogP contribution in [0.15, 0.2) is 55.0 Å². The summed E-state index contributed by atoms with van der Waals surface area (Å²) < 4.78 is 0. The van der Waals surface area contributed by atoms with Gasteiger partial charge in [-0.3, -0.25) is 9.78 Å².